The minimum absolute atomic E-state index is 0.179. The molecule has 1 unspecified atom stereocenters. The van der Waals surface area contributed by atoms with Crippen LogP contribution < -0.4 is 5.32 Å². The number of hydrogen-bond acceptors (Lipinski definition) is 6. The number of thiazole rings is 1. The van der Waals surface area contributed by atoms with Crippen LogP contribution in [-0.4, -0.2) is 31.8 Å². The van der Waals surface area contributed by atoms with Crippen molar-refractivity contribution < 1.29 is 9.90 Å². The Morgan fingerprint density at radius 2 is 2.21 bits per heavy atom. The number of halogens is 1. The summed E-state index contributed by atoms with van der Waals surface area (Å²) in [5.74, 6) is -0.290. The molecule has 2 atom stereocenters. The lowest BCUT2D eigenvalue weighted by Gasteiger charge is -2.13. The SMILES string of the molecule is CC(O)c1nc(C(=O)N[C@@H](C)Cn2ccc(-c3ccc(C#N)c(Cl)c3)n2)cs1. The van der Waals surface area contributed by atoms with Crippen LogP contribution >= 0.6 is 22.9 Å². The third kappa shape index (κ3) is 4.57. The molecule has 2 aromatic heterocycles. The average molecular weight is 416 g/mol. The number of benzene rings is 1. The van der Waals surface area contributed by atoms with E-state index in [1.807, 2.05) is 25.3 Å². The maximum atomic E-state index is 12.3. The van der Waals surface area contributed by atoms with Gasteiger partial charge in [0.1, 0.15) is 22.9 Å². The zero-order valence-electron chi connectivity index (χ0n) is 15.3. The van der Waals surface area contributed by atoms with Crippen LogP contribution in [0.5, 0.6) is 0 Å². The number of aliphatic hydroxyl groups excluding tert-OH is 1. The largest absolute Gasteiger partial charge is 0.386 e. The van der Waals surface area contributed by atoms with Gasteiger partial charge in [0, 0.05) is 23.2 Å². The van der Waals surface area contributed by atoms with Crippen LogP contribution in [0.25, 0.3) is 11.3 Å². The first-order chi connectivity index (χ1) is 13.4. The number of nitrogens with zero attached hydrogens (tertiary/aromatic N) is 4. The zero-order chi connectivity index (χ0) is 20.3. The van der Waals surface area contributed by atoms with E-state index in [2.05, 4.69) is 15.4 Å². The Balaban J connectivity index is 1.63. The molecule has 0 fully saturated rings. The Hall–Kier alpha value is -2.73. The molecule has 0 aliphatic rings. The third-order valence-electron chi connectivity index (χ3n) is 3.98. The van der Waals surface area contributed by atoms with Gasteiger partial charge in [0.2, 0.25) is 0 Å². The number of carbonyl (C=O) groups excluding carboxylic acids is 1. The molecule has 3 aromatic rings. The standard InChI is InChI=1S/C19H18ClN5O2S/c1-11(22-18(27)17-10-28-19(23-17)12(2)26)9-25-6-5-16(24-25)13-3-4-14(8-21)15(20)7-13/h3-7,10-12,26H,9H2,1-2H3,(H,22,27)/t11-,12?/m0/s1. The topological polar surface area (TPSA) is 104 Å². The second kappa shape index (κ2) is 8.52. The predicted octanol–water partition coefficient (Wildman–Crippen LogP) is 3.40. The molecule has 0 spiro atoms. The second-order valence-corrected chi connectivity index (χ2v) is 7.65. The molecule has 0 aliphatic carbocycles. The van der Waals surface area contributed by atoms with Gasteiger partial charge in [-0.05, 0) is 32.0 Å². The molecule has 144 valence electrons. The van der Waals surface area contributed by atoms with E-state index in [9.17, 15) is 9.90 Å². The Morgan fingerprint density at radius 3 is 2.86 bits per heavy atom. The molecule has 3 rings (SSSR count). The summed E-state index contributed by atoms with van der Waals surface area (Å²) in [5, 5.41) is 28.4. The van der Waals surface area contributed by atoms with Gasteiger partial charge < -0.3 is 10.4 Å². The summed E-state index contributed by atoms with van der Waals surface area (Å²) < 4.78 is 1.73. The Labute approximate surface area is 171 Å². The first-order valence-electron chi connectivity index (χ1n) is 8.55. The normalized spacial score (nSPS) is 13.0. The fraction of sp³-hybridized carbons (Fsp3) is 0.263. The van der Waals surface area contributed by atoms with Crippen molar-refractivity contribution in [3.05, 3.63) is 57.1 Å². The van der Waals surface area contributed by atoms with Crippen LogP contribution in [-0.2, 0) is 6.54 Å². The van der Waals surface area contributed by atoms with E-state index in [0.29, 0.717) is 27.8 Å². The number of hydrogen-bond donors (Lipinski definition) is 2. The monoisotopic (exact) mass is 415 g/mol. The van der Waals surface area contributed by atoms with Crippen molar-refractivity contribution >= 4 is 28.8 Å². The quantitative estimate of drug-likeness (QED) is 0.642. The number of aliphatic hydroxyl groups is 1. The van der Waals surface area contributed by atoms with Crippen molar-refractivity contribution in [2.75, 3.05) is 0 Å². The van der Waals surface area contributed by atoms with Crippen molar-refractivity contribution in [2.45, 2.75) is 32.5 Å². The van der Waals surface area contributed by atoms with Crippen molar-refractivity contribution in [3.8, 4) is 17.3 Å². The van der Waals surface area contributed by atoms with Gasteiger partial charge in [0.05, 0.1) is 22.8 Å². The summed E-state index contributed by atoms with van der Waals surface area (Å²) in [6.07, 6.45) is 1.13. The van der Waals surface area contributed by atoms with Crippen molar-refractivity contribution in [1.82, 2.24) is 20.1 Å². The molecule has 7 nitrogen and oxygen atoms in total. The molecule has 0 bridgehead atoms. The van der Waals surface area contributed by atoms with Gasteiger partial charge in [0.15, 0.2) is 0 Å². The number of rotatable bonds is 6. The summed E-state index contributed by atoms with van der Waals surface area (Å²) in [4.78, 5) is 16.4. The highest BCUT2D eigenvalue weighted by molar-refractivity contribution is 7.09. The van der Waals surface area contributed by atoms with E-state index in [1.54, 1.807) is 35.2 Å². The van der Waals surface area contributed by atoms with Gasteiger partial charge in [0.25, 0.3) is 5.91 Å². The molecule has 0 aliphatic heterocycles. The van der Waals surface area contributed by atoms with E-state index < -0.39 is 6.10 Å². The number of nitrogens with one attached hydrogen (secondary N) is 1. The molecule has 0 saturated heterocycles. The van der Waals surface area contributed by atoms with E-state index in [0.717, 1.165) is 11.3 Å². The molecule has 2 N–H and O–H groups in total. The van der Waals surface area contributed by atoms with Gasteiger partial charge in [-0.1, -0.05) is 17.7 Å². The lowest BCUT2D eigenvalue weighted by atomic mass is 10.1. The minimum Gasteiger partial charge on any atom is -0.386 e. The molecule has 2 heterocycles. The van der Waals surface area contributed by atoms with E-state index in [4.69, 9.17) is 16.9 Å². The van der Waals surface area contributed by atoms with E-state index in [1.165, 1.54) is 11.3 Å². The predicted molar refractivity (Wildman–Crippen MR) is 107 cm³/mol. The van der Waals surface area contributed by atoms with Gasteiger partial charge >= 0.3 is 0 Å². The van der Waals surface area contributed by atoms with Crippen molar-refractivity contribution in [1.29, 1.82) is 5.26 Å². The maximum Gasteiger partial charge on any atom is 0.271 e. The molecular weight excluding hydrogens is 398 g/mol. The van der Waals surface area contributed by atoms with Gasteiger partial charge in [-0.15, -0.1) is 11.3 Å². The number of amides is 1. The second-order valence-electron chi connectivity index (χ2n) is 6.35. The molecule has 0 radical (unpaired) electrons. The first-order valence-corrected chi connectivity index (χ1v) is 9.81. The smallest absolute Gasteiger partial charge is 0.271 e. The zero-order valence-corrected chi connectivity index (χ0v) is 16.8. The number of carbonyl (C=O) groups is 1. The Kier molecular flexibility index (Phi) is 6.09. The summed E-state index contributed by atoms with van der Waals surface area (Å²) >= 11 is 7.33. The molecule has 28 heavy (non-hydrogen) atoms. The minimum atomic E-state index is -0.692. The molecular formula is C19H18ClN5O2S. The van der Waals surface area contributed by atoms with Gasteiger partial charge in [-0.25, -0.2) is 4.98 Å². The van der Waals surface area contributed by atoms with Crippen LogP contribution in [0.2, 0.25) is 5.02 Å². The van der Waals surface area contributed by atoms with Crippen LogP contribution in [0, 0.1) is 11.3 Å². The van der Waals surface area contributed by atoms with Crippen LogP contribution in [0.4, 0.5) is 0 Å². The summed E-state index contributed by atoms with van der Waals surface area (Å²) in [6.45, 7) is 3.96. The molecule has 1 amide bonds. The molecule has 1 aromatic carbocycles. The first kappa shape index (κ1) is 20.0. The highest BCUT2D eigenvalue weighted by Crippen LogP contribution is 2.24. The highest BCUT2D eigenvalue weighted by atomic mass is 35.5. The Morgan fingerprint density at radius 1 is 1.43 bits per heavy atom. The number of nitriles is 1. The van der Waals surface area contributed by atoms with Crippen LogP contribution in [0.3, 0.4) is 0 Å². The molecule has 0 saturated carbocycles. The fourth-order valence-corrected chi connectivity index (χ4v) is 3.55. The van der Waals surface area contributed by atoms with Gasteiger partial charge in [-0.2, -0.15) is 10.4 Å². The third-order valence-corrected chi connectivity index (χ3v) is 5.30. The van der Waals surface area contributed by atoms with Crippen molar-refractivity contribution in [2.24, 2.45) is 0 Å². The van der Waals surface area contributed by atoms with Crippen LogP contribution in [0.1, 0.15) is 41.0 Å². The molecule has 9 heteroatoms. The van der Waals surface area contributed by atoms with E-state index in [-0.39, 0.29) is 11.9 Å². The van der Waals surface area contributed by atoms with Gasteiger partial charge in [-0.3, -0.25) is 9.48 Å². The van der Waals surface area contributed by atoms with Crippen LogP contribution in [0.15, 0.2) is 35.8 Å². The lowest BCUT2D eigenvalue weighted by molar-refractivity contribution is 0.0931. The average Bonchev–Trinajstić information content (AvgIpc) is 3.31. The highest BCUT2D eigenvalue weighted by Gasteiger charge is 2.16. The maximum absolute atomic E-state index is 12.3. The fourth-order valence-electron chi connectivity index (χ4n) is 2.59. The summed E-state index contributed by atoms with van der Waals surface area (Å²) in [5.41, 5.74) is 2.25. The number of aromatic nitrogens is 3. The summed E-state index contributed by atoms with van der Waals surface area (Å²) in [7, 11) is 0. The van der Waals surface area contributed by atoms with E-state index >= 15 is 0 Å². The summed E-state index contributed by atoms with van der Waals surface area (Å²) in [6, 6.07) is 8.86. The Bertz CT molecular complexity index is 1040. The lowest BCUT2D eigenvalue weighted by Crippen LogP contribution is -2.36. The van der Waals surface area contributed by atoms with Crippen molar-refractivity contribution in [3.63, 3.8) is 0 Å².